The molecule has 0 aliphatic carbocycles. The Morgan fingerprint density at radius 3 is 2.58 bits per heavy atom. The van der Waals surface area contributed by atoms with E-state index in [2.05, 4.69) is 57.5 Å². The summed E-state index contributed by atoms with van der Waals surface area (Å²) >= 11 is 3.46. The Hall–Kier alpha value is -1.65. The summed E-state index contributed by atoms with van der Waals surface area (Å²) in [6.07, 6.45) is 0. The number of benzene rings is 1. The van der Waals surface area contributed by atoms with Gasteiger partial charge in [0.1, 0.15) is 0 Å². The van der Waals surface area contributed by atoms with E-state index in [0.717, 1.165) is 22.9 Å². The molecule has 0 saturated heterocycles. The number of thiophene rings is 1. The Morgan fingerprint density at radius 2 is 1.95 bits per heavy atom. The Morgan fingerprint density at radius 1 is 1.11 bits per heavy atom. The Bertz CT molecular complexity index is 639. The number of anilines is 1. The number of aromatic nitrogens is 1. The molecule has 0 spiro atoms. The molecule has 0 unspecified atom stereocenters. The third-order valence-electron chi connectivity index (χ3n) is 2.85. The predicted octanol–water partition coefficient (Wildman–Crippen LogP) is 4.79. The second-order valence-corrected chi connectivity index (χ2v) is 6.36. The molecular weight excluding hydrogens is 272 g/mol. The van der Waals surface area contributed by atoms with Crippen molar-refractivity contribution >= 4 is 28.4 Å². The molecule has 96 valence electrons. The normalized spacial score (nSPS) is 10.6. The van der Waals surface area contributed by atoms with Gasteiger partial charge in [0.25, 0.3) is 0 Å². The molecule has 0 aliphatic rings. The van der Waals surface area contributed by atoms with Crippen molar-refractivity contribution in [3.8, 4) is 11.3 Å². The summed E-state index contributed by atoms with van der Waals surface area (Å²) in [6, 6.07) is 12.7. The number of nitrogens with one attached hydrogen (secondary N) is 1. The van der Waals surface area contributed by atoms with Gasteiger partial charge in [0.05, 0.1) is 10.7 Å². The van der Waals surface area contributed by atoms with Gasteiger partial charge in [0, 0.05) is 28.1 Å². The first kappa shape index (κ1) is 12.4. The summed E-state index contributed by atoms with van der Waals surface area (Å²) in [5.74, 6) is 0. The molecule has 2 heterocycles. The lowest BCUT2D eigenvalue weighted by atomic mass is 10.1. The van der Waals surface area contributed by atoms with Crippen molar-refractivity contribution < 1.29 is 0 Å². The van der Waals surface area contributed by atoms with Crippen LogP contribution in [0.4, 0.5) is 5.69 Å². The average Bonchev–Trinajstić information content (AvgIpc) is 3.08. The zero-order valence-corrected chi connectivity index (χ0v) is 12.2. The SMILES string of the molecule is Cc1nc(-c2ccc(NCc3cccs3)cc2)cs1. The van der Waals surface area contributed by atoms with Crippen molar-refractivity contribution in [2.45, 2.75) is 13.5 Å². The van der Waals surface area contributed by atoms with Crippen LogP contribution >= 0.6 is 22.7 Å². The molecule has 0 atom stereocenters. The molecule has 2 nitrogen and oxygen atoms in total. The molecule has 1 aromatic carbocycles. The number of thiazole rings is 1. The fraction of sp³-hybridized carbons (Fsp3) is 0.133. The van der Waals surface area contributed by atoms with E-state index in [1.54, 1.807) is 22.7 Å². The van der Waals surface area contributed by atoms with Gasteiger partial charge in [-0.2, -0.15) is 0 Å². The van der Waals surface area contributed by atoms with E-state index >= 15 is 0 Å². The maximum absolute atomic E-state index is 4.50. The number of nitrogens with zero attached hydrogens (tertiary/aromatic N) is 1. The highest BCUT2D eigenvalue weighted by molar-refractivity contribution is 7.10. The predicted molar refractivity (Wildman–Crippen MR) is 83.9 cm³/mol. The van der Waals surface area contributed by atoms with Gasteiger partial charge in [-0.15, -0.1) is 22.7 Å². The third kappa shape index (κ3) is 3.03. The first-order valence-electron chi connectivity index (χ1n) is 6.10. The highest BCUT2D eigenvalue weighted by Gasteiger charge is 2.02. The fourth-order valence-electron chi connectivity index (χ4n) is 1.86. The van der Waals surface area contributed by atoms with Crippen LogP contribution in [0, 0.1) is 6.92 Å². The van der Waals surface area contributed by atoms with E-state index in [-0.39, 0.29) is 0 Å². The van der Waals surface area contributed by atoms with E-state index < -0.39 is 0 Å². The van der Waals surface area contributed by atoms with Crippen molar-refractivity contribution in [3.63, 3.8) is 0 Å². The number of rotatable bonds is 4. The largest absolute Gasteiger partial charge is 0.380 e. The van der Waals surface area contributed by atoms with Crippen LogP contribution in [0.15, 0.2) is 47.2 Å². The van der Waals surface area contributed by atoms with Crippen LogP contribution in [0.1, 0.15) is 9.88 Å². The van der Waals surface area contributed by atoms with Gasteiger partial charge in [-0.3, -0.25) is 0 Å². The molecule has 0 aliphatic heterocycles. The molecule has 0 fully saturated rings. The zero-order chi connectivity index (χ0) is 13.1. The van der Waals surface area contributed by atoms with Gasteiger partial charge in [-0.05, 0) is 30.5 Å². The molecular formula is C15H14N2S2. The van der Waals surface area contributed by atoms with Crippen molar-refractivity contribution in [2.24, 2.45) is 0 Å². The van der Waals surface area contributed by atoms with Crippen LogP contribution in [0.5, 0.6) is 0 Å². The summed E-state index contributed by atoms with van der Waals surface area (Å²) in [5, 5.41) is 8.73. The maximum atomic E-state index is 4.50. The van der Waals surface area contributed by atoms with Crippen LogP contribution in [0.2, 0.25) is 0 Å². The van der Waals surface area contributed by atoms with Crippen LogP contribution < -0.4 is 5.32 Å². The summed E-state index contributed by atoms with van der Waals surface area (Å²) < 4.78 is 0. The van der Waals surface area contributed by atoms with E-state index in [0.29, 0.717) is 0 Å². The monoisotopic (exact) mass is 286 g/mol. The van der Waals surface area contributed by atoms with E-state index in [1.165, 1.54) is 10.4 Å². The van der Waals surface area contributed by atoms with Crippen LogP contribution in [0.25, 0.3) is 11.3 Å². The molecule has 0 radical (unpaired) electrons. The van der Waals surface area contributed by atoms with Gasteiger partial charge in [-0.25, -0.2) is 4.98 Å². The highest BCUT2D eigenvalue weighted by Crippen LogP contribution is 2.23. The van der Waals surface area contributed by atoms with E-state index in [4.69, 9.17) is 0 Å². The summed E-state index contributed by atoms with van der Waals surface area (Å²) in [5.41, 5.74) is 3.38. The van der Waals surface area contributed by atoms with E-state index in [1.807, 2.05) is 6.92 Å². The first-order valence-corrected chi connectivity index (χ1v) is 7.86. The van der Waals surface area contributed by atoms with Crippen LogP contribution in [-0.2, 0) is 6.54 Å². The quantitative estimate of drug-likeness (QED) is 0.745. The molecule has 0 amide bonds. The standard InChI is InChI=1S/C15H14N2S2/c1-11-17-15(10-19-11)12-4-6-13(7-5-12)16-9-14-3-2-8-18-14/h2-8,10,16H,9H2,1H3. The second-order valence-electron chi connectivity index (χ2n) is 4.26. The van der Waals surface area contributed by atoms with E-state index in [9.17, 15) is 0 Å². The lowest BCUT2D eigenvalue weighted by Gasteiger charge is -2.05. The second kappa shape index (κ2) is 5.55. The molecule has 3 rings (SSSR count). The number of hydrogen-bond acceptors (Lipinski definition) is 4. The minimum absolute atomic E-state index is 0.882. The molecule has 19 heavy (non-hydrogen) atoms. The lowest BCUT2D eigenvalue weighted by molar-refractivity contribution is 1.19. The highest BCUT2D eigenvalue weighted by atomic mass is 32.1. The number of aryl methyl sites for hydroxylation is 1. The summed E-state index contributed by atoms with van der Waals surface area (Å²) in [6.45, 7) is 2.91. The Labute approximate surface area is 120 Å². The first-order chi connectivity index (χ1) is 9.31. The zero-order valence-electron chi connectivity index (χ0n) is 10.6. The number of hydrogen-bond donors (Lipinski definition) is 1. The van der Waals surface area contributed by atoms with Gasteiger partial charge in [0.2, 0.25) is 0 Å². The van der Waals surface area contributed by atoms with Gasteiger partial charge in [-0.1, -0.05) is 18.2 Å². The minimum atomic E-state index is 0.882. The third-order valence-corrected chi connectivity index (χ3v) is 4.50. The fourth-order valence-corrected chi connectivity index (χ4v) is 3.12. The van der Waals surface area contributed by atoms with Gasteiger partial charge < -0.3 is 5.32 Å². The molecule has 1 N–H and O–H groups in total. The van der Waals surface area contributed by atoms with Crippen molar-refractivity contribution in [3.05, 3.63) is 57.0 Å². The Kier molecular flexibility index (Phi) is 3.62. The molecule has 3 aromatic rings. The van der Waals surface area contributed by atoms with Crippen LogP contribution in [-0.4, -0.2) is 4.98 Å². The topological polar surface area (TPSA) is 24.9 Å². The molecule has 4 heteroatoms. The van der Waals surface area contributed by atoms with Gasteiger partial charge >= 0.3 is 0 Å². The summed E-state index contributed by atoms with van der Waals surface area (Å²) in [7, 11) is 0. The smallest absolute Gasteiger partial charge is 0.0901 e. The minimum Gasteiger partial charge on any atom is -0.380 e. The molecule has 0 bridgehead atoms. The maximum Gasteiger partial charge on any atom is 0.0901 e. The van der Waals surface area contributed by atoms with Crippen molar-refractivity contribution in [2.75, 3.05) is 5.32 Å². The average molecular weight is 286 g/mol. The Balaban J connectivity index is 1.69. The van der Waals surface area contributed by atoms with Gasteiger partial charge in [0.15, 0.2) is 0 Å². The summed E-state index contributed by atoms with van der Waals surface area (Å²) in [4.78, 5) is 5.84. The molecule has 2 aromatic heterocycles. The van der Waals surface area contributed by atoms with Crippen LogP contribution in [0.3, 0.4) is 0 Å². The molecule has 0 saturated carbocycles. The van der Waals surface area contributed by atoms with Crippen molar-refractivity contribution in [1.29, 1.82) is 0 Å². The lowest BCUT2D eigenvalue weighted by Crippen LogP contribution is -1.96. The van der Waals surface area contributed by atoms with Crippen molar-refractivity contribution in [1.82, 2.24) is 4.98 Å².